The number of carbonyl (C=O) groups is 1. The van der Waals surface area contributed by atoms with Crippen molar-refractivity contribution in [3.63, 3.8) is 0 Å². The number of hydrogen-bond donors (Lipinski definition) is 1. The predicted molar refractivity (Wildman–Crippen MR) is 119 cm³/mol. The fourth-order valence-corrected chi connectivity index (χ4v) is 3.81. The monoisotopic (exact) mass is 420 g/mol. The molecule has 31 heavy (non-hydrogen) atoms. The van der Waals surface area contributed by atoms with Crippen LogP contribution in [-0.4, -0.2) is 34.7 Å². The molecule has 1 N–H and O–H groups in total. The maximum atomic E-state index is 13.0. The number of carbonyl (C=O) groups excluding carboxylic acids is 1. The van der Waals surface area contributed by atoms with Gasteiger partial charge in [0.05, 0.1) is 7.11 Å². The van der Waals surface area contributed by atoms with E-state index in [0.29, 0.717) is 24.2 Å². The van der Waals surface area contributed by atoms with Crippen LogP contribution in [0.25, 0.3) is 11.4 Å². The number of likely N-dealkylation sites (tertiary alicyclic amines) is 1. The van der Waals surface area contributed by atoms with E-state index in [1.54, 1.807) is 12.0 Å². The smallest absolute Gasteiger partial charge is 0.322 e. The number of methoxy groups -OCH3 is 1. The van der Waals surface area contributed by atoms with Crippen LogP contribution in [-0.2, 0) is 0 Å². The Morgan fingerprint density at radius 3 is 2.55 bits per heavy atom. The first-order valence-corrected chi connectivity index (χ1v) is 10.7. The summed E-state index contributed by atoms with van der Waals surface area (Å²) < 4.78 is 10.8. The molecule has 1 aromatic heterocycles. The number of ether oxygens (including phenoxy) is 1. The highest BCUT2D eigenvalue weighted by Gasteiger charge is 2.32. The second-order valence-corrected chi connectivity index (χ2v) is 8.10. The normalized spacial score (nSPS) is 16.4. The third-order valence-electron chi connectivity index (χ3n) is 5.67. The third kappa shape index (κ3) is 4.71. The number of amides is 2. The fraction of sp³-hybridized carbons (Fsp3) is 0.375. The van der Waals surface area contributed by atoms with Crippen LogP contribution in [0.1, 0.15) is 56.5 Å². The van der Waals surface area contributed by atoms with Gasteiger partial charge in [-0.25, -0.2) is 4.79 Å². The van der Waals surface area contributed by atoms with Crippen LogP contribution in [0.4, 0.5) is 10.5 Å². The van der Waals surface area contributed by atoms with E-state index in [2.05, 4.69) is 29.3 Å². The summed E-state index contributed by atoms with van der Waals surface area (Å²) in [4.78, 5) is 19.4. The van der Waals surface area contributed by atoms with Crippen LogP contribution >= 0.6 is 0 Å². The molecular weight excluding hydrogens is 392 g/mol. The Bertz CT molecular complexity index is 1010. The van der Waals surface area contributed by atoms with Crippen LogP contribution in [0, 0.1) is 0 Å². The quantitative estimate of drug-likeness (QED) is 0.579. The van der Waals surface area contributed by atoms with Crippen molar-refractivity contribution in [3.8, 4) is 17.1 Å². The molecule has 0 aliphatic carbocycles. The van der Waals surface area contributed by atoms with Crippen molar-refractivity contribution in [1.29, 1.82) is 0 Å². The lowest BCUT2D eigenvalue weighted by atomic mass is 10.0. The second-order valence-electron chi connectivity index (χ2n) is 8.10. The van der Waals surface area contributed by atoms with Gasteiger partial charge in [-0.2, -0.15) is 4.98 Å². The van der Waals surface area contributed by atoms with Crippen molar-refractivity contribution in [2.24, 2.45) is 0 Å². The Labute approximate surface area is 182 Å². The number of anilines is 1. The van der Waals surface area contributed by atoms with E-state index in [1.165, 1.54) is 5.56 Å². The highest BCUT2D eigenvalue weighted by Crippen LogP contribution is 2.32. The number of hydrogen-bond acceptors (Lipinski definition) is 5. The fourth-order valence-electron chi connectivity index (χ4n) is 3.81. The van der Waals surface area contributed by atoms with E-state index in [4.69, 9.17) is 9.26 Å². The Morgan fingerprint density at radius 2 is 1.87 bits per heavy atom. The summed E-state index contributed by atoms with van der Waals surface area (Å²) in [7, 11) is 1.63. The Hall–Kier alpha value is -3.35. The topological polar surface area (TPSA) is 80.5 Å². The summed E-state index contributed by atoms with van der Waals surface area (Å²) in [6.45, 7) is 4.95. The molecule has 162 valence electrons. The van der Waals surface area contributed by atoms with Gasteiger partial charge in [0.2, 0.25) is 11.7 Å². The largest absolute Gasteiger partial charge is 0.497 e. The summed E-state index contributed by atoms with van der Waals surface area (Å²) in [6.07, 6.45) is 2.76. The highest BCUT2D eigenvalue weighted by atomic mass is 16.5. The van der Waals surface area contributed by atoms with E-state index >= 15 is 0 Å². The van der Waals surface area contributed by atoms with Crippen molar-refractivity contribution in [2.75, 3.05) is 19.0 Å². The van der Waals surface area contributed by atoms with Gasteiger partial charge in [-0.05, 0) is 67.1 Å². The average Bonchev–Trinajstić information content (AvgIpc) is 3.29. The number of urea groups is 1. The third-order valence-corrected chi connectivity index (χ3v) is 5.67. The molecule has 1 atom stereocenters. The zero-order valence-electron chi connectivity index (χ0n) is 18.2. The van der Waals surface area contributed by atoms with Gasteiger partial charge in [0.1, 0.15) is 11.8 Å². The average molecular weight is 421 g/mol. The number of nitrogens with zero attached hydrogens (tertiary/aromatic N) is 3. The molecule has 3 aromatic rings. The van der Waals surface area contributed by atoms with Gasteiger partial charge < -0.3 is 19.5 Å². The SMILES string of the molecule is COc1ccc(-c2noc([C@@H]3CCCCN3C(=O)Nc3ccc(C(C)C)cc3)n2)cc1. The molecule has 0 bridgehead atoms. The highest BCUT2D eigenvalue weighted by molar-refractivity contribution is 5.89. The minimum absolute atomic E-state index is 0.147. The van der Waals surface area contributed by atoms with Crippen molar-refractivity contribution < 1.29 is 14.1 Å². The molecule has 0 radical (unpaired) electrons. The molecule has 4 rings (SSSR count). The van der Waals surface area contributed by atoms with Gasteiger partial charge in [-0.1, -0.05) is 31.1 Å². The van der Waals surface area contributed by atoms with Crippen molar-refractivity contribution in [3.05, 3.63) is 60.0 Å². The van der Waals surface area contributed by atoms with E-state index in [1.807, 2.05) is 48.5 Å². The van der Waals surface area contributed by atoms with Gasteiger partial charge in [0, 0.05) is 17.8 Å². The van der Waals surface area contributed by atoms with Crippen LogP contribution < -0.4 is 10.1 Å². The minimum Gasteiger partial charge on any atom is -0.497 e. The lowest BCUT2D eigenvalue weighted by molar-refractivity contribution is 0.142. The molecule has 1 aliphatic heterocycles. The Kier molecular flexibility index (Phi) is 6.21. The van der Waals surface area contributed by atoms with Crippen molar-refractivity contribution in [2.45, 2.75) is 45.1 Å². The van der Waals surface area contributed by atoms with Crippen LogP contribution in [0.5, 0.6) is 5.75 Å². The number of rotatable bonds is 5. The molecule has 0 saturated carbocycles. The molecule has 0 spiro atoms. The summed E-state index contributed by atoms with van der Waals surface area (Å²) in [6, 6.07) is 15.1. The van der Waals surface area contributed by atoms with E-state index in [9.17, 15) is 4.79 Å². The maximum Gasteiger partial charge on any atom is 0.322 e. The molecule has 0 unspecified atom stereocenters. The van der Waals surface area contributed by atoms with E-state index in [-0.39, 0.29) is 12.1 Å². The lowest BCUT2D eigenvalue weighted by Crippen LogP contribution is -2.41. The zero-order valence-corrected chi connectivity index (χ0v) is 18.2. The summed E-state index contributed by atoms with van der Waals surface area (Å²) in [5.74, 6) is 2.20. The summed E-state index contributed by atoms with van der Waals surface area (Å²) in [5, 5.41) is 7.15. The molecule has 7 heteroatoms. The van der Waals surface area contributed by atoms with Crippen LogP contribution in [0.15, 0.2) is 53.1 Å². The predicted octanol–water partition coefficient (Wildman–Crippen LogP) is 5.63. The zero-order chi connectivity index (χ0) is 21.8. The first kappa shape index (κ1) is 20.9. The van der Waals surface area contributed by atoms with Crippen LogP contribution in [0.2, 0.25) is 0 Å². The summed E-state index contributed by atoms with van der Waals surface area (Å²) in [5.41, 5.74) is 2.86. The van der Waals surface area contributed by atoms with Crippen LogP contribution in [0.3, 0.4) is 0 Å². The molecule has 1 aliphatic rings. The standard InChI is InChI=1S/C24H28N4O3/c1-16(2)17-7-11-19(12-8-17)25-24(29)28-15-5-4-6-21(28)23-26-22(27-31-23)18-9-13-20(30-3)14-10-18/h7-14,16,21H,4-6,15H2,1-3H3,(H,25,29)/t21-/m0/s1. The first-order valence-electron chi connectivity index (χ1n) is 10.7. The first-order chi connectivity index (χ1) is 15.0. The van der Waals surface area contributed by atoms with Gasteiger partial charge >= 0.3 is 6.03 Å². The van der Waals surface area contributed by atoms with Crippen molar-refractivity contribution >= 4 is 11.7 Å². The molecule has 7 nitrogen and oxygen atoms in total. The molecular formula is C24H28N4O3. The van der Waals surface area contributed by atoms with E-state index < -0.39 is 0 Å². The van der Waals surface area contributed by atoms with Crippen molar-refractivity contribution in [1.82, 2.24) is 15.0 Å². The number of nitrogens with one attached hydrogen (secondary N) is 1. The lowest BCUT2D eigenvalue weighted by Gasteiger charge is -2.33. The molecule has 1 fully saturated rings. The second kappa shape index (κ2) is 9.20. The number of piperidine rings is 1. The number of aromatic nitrogens is 2. The Balaban J connectivity index is 1.49. The maximum absolute atomic E-state index is 13.0. The van der Waals surface area contributed by atoms with Gasteiger partial charge in [0.15, 0.2) is 0 Å². The van der Waals surface area contributed by atoms with Gasteiger partial charge in [0.25, 0.3) is 0 Å². The van der Waals surface area contributed by atoms with E-state index in [0.717, 1.165) is 36.3 Å². The molecule has 2 aromatic carbocycles. The molecule has 2 heterocycles. The minimum atomic E-state index is -0.233. The number of benzene rings is 2. The van der Waals surface area contributed by atoms with Gasteiger partial charge in [-0.3, -0.25) is 0 Å². The van der Waals surface area contributed by atoms with Gasteiger partial charge in [-0.15, -0.1) is 0 Å². The Morgan fingerprint density at radius 1 is 1.13 bits per heavy atom. The molecule has 2 amide bonds. The molecule has 1 saturated heterocycles. The summed E-state index contributed by atoms with van der Waals surface area (Å²) >= 11 is 0.